The smallest absolute Gasteiger partial charge is 0.178 e. The zero-order valence-corrected chi connectivity index (χ0v) is 8.66. The molecule has 0 N–H and O–H groups in total. The van der Waals surface area contributed by atoms with Gasteiger partial charge in [0.05, 0.1) is 12.5 Å². The quantitative estimate of drug-likeness (QED) is 0.704. The van der Waals surface area contributed by atoms with Crippen LogP contribution in [0.3, 0.4) is 0 Å². The molecule has 0 saturated heterocycles. The van der Waals surface area contributed by atoms with Gasteiger partial charge in [0.1, 0.15) is 0 Å². The molecular weight excluding hydrogens is 188 g/mol. The summed E-state index contributed by atoms with van der Waals surface area (Å²) in [6, 6.07) is 5.58. The second-order valence-corrected chi connectivity index (χ2v) is 3.90. The predicted molar refractivity (Wildman–Crippen MR) is 55.5 cm³/mol. The van der Waals surface area contributed by atoms with Gasteiger partial charge in [-0.1, -0.05) is 0 Å². The number of nitrogens with zero attached hydrogens (tertiary/aromatic N) is 2. The Bertz CT molecular complexity index is 441. The van der Waals surface area contributed by atoms with Gasteiger partial charge >= 0.3 is 0 Å². The number of ketones is 1. The third-order valence-electron chi connectivity index (χ3n) is 2.64. The second-order valence-electron chi connectivity index (χ2n) is 3.90. The molecule has 1 fully saturated rings. The molecule has 76 valence electrons. The van der Waals surface area contributed by atoms with Gasteiger partial charge in [-0.15, -0.1) is 0 Å². The lowest BCUT2D eigenvalue weighted by Gasteiger charge is -2.04. The highest BCUT2D eigenvalue weighted by molar-refractivity contribution is 5.98. The molecular formula is C12H12N2O. The molecule has 3 heteroatoms. The maximum atomic E-state index is 11.5. The van der Waals surface area contributed by atoms with Crippen molar-refractivity contribution in [2.45, 2.75) is 32.1 Å². The molecule has 1 aromatic heterocycles. The van der Waals surface area contributed by atoms with Crippen LogP contribution in [-0.4, -0.2) is 10.8 Å². The fourth-order valence-corrected chi connectivity index (χ4v) is 1.65. The Morgan fingerprint density at radius 1 is 1.60 bits per heavy atom. The first kappa shape index (κ1) is 9.85. The van der Waals surface area contributed by atoms with Crippen LogP contribution in [0.1, 0.15) is 46.9 Å². The lowest BCUT2D eigenvalue weighted by molar-refractivity contribution is 0.0996. The van der Waals surface area contributed by atoms with Crippen LogP contribution in [0.5, 0.6) is 0 Å². The molecule has 1 heterocycles. The Kier molecular flexibility index (Phi) is 2.51. The summed E-state index contributed by atoms with van der Waals surface area (Å²) in [6.07, 6.45) is 2.35. The van der Waals surface area contributed by atoms with Crippen LogP contribution in [0, 0.1) is 18.3 Å². The van der Waals surface area contributed by atoms with Gasteiger partial charge in [0.15, 0.2) is 5.78 Å². The van der Waals surface area contributed by atoms with E-state index in [1.807, 2.05) is 19.1 Å². The van der Waals surface area contributed by atoms with Gasteiger partial charge < -0.3 is 0 Å². The second kappa shape index (κ2) is 3.82. The Labute approximate surface area is 88.8 Å². The van der Waals surface area contributed by atoms with E-state index in [2.05, 4.69) is 4.98 Å². The Hall–Kier alpha value is -1.69. The number of hydrogen-bond acceptors (Lipinski definition) is 3. The van der Waals surface area contributed by atoms with Crippen molar-refractivity contribution in [1.29, 1.82) is 5.26 Å². The summed E-state index contributed by atoms with van der Waals surface area (Å²) < 4.78 is 0. The monoisotopic (exact) mass is 200 g/mol. The highest BCUT2D eigenvalue weighted by Gasteiger charge is 2.25. The zero-order chi connectivity index (χ0) is 10.8. The first-order chi connectivity index (χ1) is 7.22. The molecule has 1 saturated carbocycles. The predicted octanol–water partition coefficient (Wildman–Crippen LogP) is 2.36. The number of carbonyl (C=O) groups is 1. The summed E-state index contributed by atoms with van der Waals surface area (Å²) in [7, 11) is 0. The highest BCUT2D eigenvalue weighted by atomic mass is 16.1. The molecule has 1 aliphatic rings. The van der Waals surface area contributed by atoms with Crippen LogP contribution < -0.4 is 0 Å². The summed E-state index contributed by atoms with van der Waals surface area (Å²) in [4.78, 5) is 15.9. The first-order valence-electron chi connectivity index (χ1n) is 5.10. The lowest BCUT2D eigenvalue weighted by Crippen LogP contribution is -2.03. The number of carbonyl (C=O) groups excluding carboxylic acids is 1. The van der Waals surface area contributed by atoms with Crippen LogP contribution in [0.25, 0.3) is 0 Å². The average Bonchev–Trinajstić information content (AvgIpc) is 3.01. The summed E-state index contributed by atoms with van der Waals surface area (Å²) in [6.45, 7) is 1.83. The molecule has 1 aliphatic carbocycles. The molecule has 0 aromatic carbocycles. The minimum atomic E-state index is -0.134. The van der Waals surface area contributed by atoms with Crippen LogP contribution >= 0.6 is 0 Å². The molecule has 0 spiro atoms. The molecule has 0 radical (unpaired) electrons. The van der Waals surface area contributed by atoms with Gasteiger partial charge in [-0.2, -0.15) is 5.26 Å². The van der Waals surface area contributed by atoms with Crippen molar-refractivity contribution in [2.75, 3.05) is 0 Å². The molecule has 1 aromatic rings. The molecule has 0 unspecified atom stereocenters. The van der Waals surface area contributed by atoms with Gasteiger partial charge in [0.25, 0.3) is 0 Å². The zero-order valence-electron chi connectivity index (χ0n) is 8.66. The van der Waals surface area contributed by atoms with Crippen LogP contribution in [0.15, 0.2) is 12.1 Å². The minimum absolute atomic E-state index is 0.0642. The Morgan fingerprint density at radius 3 is 2.87 bits per heavy atom. The lowest BCUT2D eigenvalue weighted by atomic mass is 10.1. The van der Waals surface area contributed by atoms with E-state index >= 15 is 0 Å². The summed E-state index contributed by atoms with van der Waals surface area (Å²) >= 11 is 0. The Morgan fingerprint density at radius 2 is 2.33 bits per heavy atom. The van der Waals surface area contributed by atoms with E-state index in [0.29, 0.717) is 11.5 Å². The van der Waals surface area contributed by atoms with Crippen molar-refractivity contribution < 1.29 is 4.79 Å². The van der Waals surface area contributed by atoms with E-state index in [9.17, 15) is 4.79 Å². The van der Waals surface area contributed by atoms with Gasteiger partial charge in [0.2, 0.25) is 0 Å². The molecule has 3 nitrogen and oxygen atoms in total. The van der Waals surface area contributed by atoms with E-state index in [4.69, 9.17) is 5.26 Å². The summed E-state index contributed by atoms with van der Waals surface area (Å²) in [5.41, 5.74) is 2.42. The molecule has 0 atom stereocenters. The normalized spacial score (nSPS) is 14.7. The van der Waals surface area contributed by atoms with Gasteiger partial charge in [-0.3, -0.25) is 9.78 Å². The standard InChI is InChI=1S/C12H12N2O/c1-8-10(12(15)6-7-13)4-5-11(14-8)9-2-3-9/h4-5,9H,2-3,6H2,1H3. The first-order valence-corrected chi connectivity index (χ1v) is 5.10. The Balaban J connectivity index is 2.26. The van der Waals surface area contributed by atoms with Crippen molar-refractivity contribution in [3.8, 4) is 6.07 Å². The van der Waals surface area contributed by atoms with E-state index in [1.54, 1.807) is 6.07 Å². The maximum Gasteiger partial charge on any atom is 0.178 e. The molecule has 0 amide bonds. The number of nitriles is 1. The maximum absolute atomic E-state index is 11.5. The van der Waals surface area contributed by atoms with E-state index < -0.39 is 0 Å². The largest absolute Gasteiger partial charge is 0.293 e. The third-order valence-corrected chi connectivity index (χ3v) is 2.64. The average molecular weight is 200 g/mol. The highest BCUT2D eigenvalue weighted by Crippen LogP contribution is 2.39. The van der Waals surface area contributed by atoms with Gasteiger partial charge in [-0.05, 0) is 31.9 Å². The summed E-state index contributed by atoms with van der Waals surface area (Å²) in [5, 5.41) is 8.45. The van der Waals surface area contributed by atoms with E-state index in [-0.39, 0.29) is 12.2 Å². The third kappa shape index (κ3) is 2.04. The van der Waals surface area contributed by atoms with E-state index in [1.165, 1.54) is 12.8 Å². The van der Waals surface area contributed by atoms with Crippen molar-refractivity contribution >= 4 is 5.78 Å². The molecule has 2 rings (SSSR count). The SMILES string of the molecule is Cc1nc(C2CC2)ccc1C(=O)CC#N. The number of aromatic nitrogens is 1. The fourth-order valence-electron chi connectivity index (χ4n) is 1.65. The number of aryl methyl sites for hydroxylation is 1. The molecule has 0 bridgehead atoms. The number of pyridine rings is 1. The summed E-state index contributed by atoms with van der Waals surface area (Å²) in [5.74, 6) is 0.466. The van der Waals surface area contributed by atoms with Crippen molar-refractivity contribution in [3.63, 3.8) is 0 Å². The molecule has 0 aliphatic heterocycles. The van der Waals surface area contributed by atoms with Crippen molar-refractivity contribution in [3.05, 3.63) is 29.1 Å². The van der Waals surface area contributed by atoms with Gasteiger partial charge in [0, 0.05) is 22.9 Å². The number of Topliss-reactive ketones (excluding diaryl/α,β-unsaturated/α-hetero) is 1. The van der Waals surface area contributed by atoms with Crippen LogP contribution in [0.4, 0.5) is 0 Å². The number of rotatable bonds is 3. The topological polar surface area (TPSA) is 53.8 Å². The van der Waals surface area contributed by atoms with Crippen molar-refractivity contribution in [2.24, 2.45) is 0 Å². The van der Waals surface area contributed by atoms with Crippen LogP contribution in [-0.2, 0) is 0 Å². The number of hydrogen-bond donors (Lipinski definition) is 0. The van der Waals surface area contributed by atoms with Crippen molar-refractivity contribution in [1.82, 2.24) is 4.98 Å². The van der Waals surface area contributed by atoms with Gasteiger partial charge in [-0.25, -0.2) is 0 Å². The van der Waals surface area contributed by atoms with E-state index in [0.717, 1.165) is 11.4 Å². The van der Waals surface area contributed by atoms with Crippen LogP contribution in [0.2, 0.25) is 0 Å². The fraction of sp³-hybridized carbons (Fsp3) is 0.417. The minimum Gasteiger partial charge on any atom is -0.293 e. The molecule has 15 heavy (non-hydrogen) atoms.